The molecule has 150 valence electrons. The van der Waals surface area contributed by atoms with Gasteiger partial charge in [-0.2, -0.15) is 0 Å². The van der Waals surface area contributed by atoms with Crippen LogP contribution in [0.2, 0.25) is 0 Å². The molecule has 5 N–H and O–H groups in total. The maximum atomic E-state index is 10.5. The van der Waals surface area contributed by atoms with Crippen LogP contribution in [0.5, 0.6) is 0 Å². The molecule has 1 fully saturated rings. The fourth-order valence-corrected chi connectivity index (χ4v) is 4.87. The van der Waals surface area contributed by atoms with Gasteiger partial charge in [-0.25, -0.2) is 4.98 Å². The number of thiophene rings is 1. The Kier molecular flexibility index (Phi) is 5.96. The third kappa shape index (κ3) is 4.22. The Morgan fingerprint density at radius 3 is 3.07 bits per heavy atom. The van der Waals surface area contributed by atoms with E-state index in [0.717, 1.165) is 37.0 Å². The molecule has 1 aromatic carbocycles. The predicted molar refractivity (Wildman–Crippen MR) is 116 cm³/mol. The third-order valence-electron chi connectivity index (χ3n) is 5.45. The maximum Gasteiger partial charge on any atom is 0.137 e. The van der Waals surface area contributed by atoms with E-state index >= 15 is 0 Å². The highest BCUT2D eigenvalue weighted by Crippen LogP contribution is 2.28. The highest BCUT2D eigenvalue weighted by molar-refractivity contribution is 7.14. The first-order chi connectivity index (χ1) is 13.6. The van der Waals surface area contributed by atoms with E-state index in [9.17, 15) is 5.11 Å². The second-order valence-electron chi connectivity index (χ2n) is 7.61. The number of aliphatic hydroxyl groups excluding tert-OH is 1. The molecule has 0 radical (unpaired) electrons. The number of nitrogens with one attached hydrogen (secondary N) is 2. The highest BCUT2D eigenvalue weighted by atomic mass is 32.1. The van der Waals surface area contributed by atoms with Crippen LogP contribution >= 0.6 is 11.3 Å². The molecule has 1 saturated heterocycles. The molecular formula is C21H29N5OS. The molecule has 3 atom stereocenters. The zero-order valence-electron chi connectivity index (χ0n) is 16.3. The number of piperidine rings is 1. The zero-order valence-corrected chi connectivity index (χ0v) is 17.1. The van der Waals surface area contributed by atoms with Crippen molar-refractivity contribution in [2.24, 2.45) is 5.73 Å². The van der Waals surface area contributed by atoms with Gasteiger partial charge in [0.15, 0.2) is 0 Å². The third-order valence-corrected chi connectivity index (χ3v) is 6.48. The summed E-state index contributed by atoms with van der Waals surface area (Å²) in [6, 6.07) is 10.4. The van der Waals surface area contributed by atoms with Crippen LogP contribution < -0.4 is 16.0 Å². The first kappa shape index (κ1) is 19.4. The lowest BCUT2D eigenvalue weighted by molar-refractivity contribution is 0.157. The lowest BCUT2D eigenvalue weighted by Gasteiger charge is -2.38. The van der Waals surface area contributed by atoms with Gasteiger partial charge in [-0.1, -0.05) is 25.5 Å². The van der Waals surface area contributed by atoms with Gasteiger partial charge in [0.1, 0.15) is 11.9 Å². The number of nitrogens with zero attached hydrogens (tertiary/aromatic N) is 2. The topological polar surface area (TPSA) is 90.2 Å². The smallest absolute Gasteiger partial charge is 0.137 e. The quantitative estimate of drug-likeness (QED) is 0.490. The number of nitrogens with two attached hydrogens (primary N) is 1. The van der Waals surface area contributed by atoms with Gasteiger partial charge in [0.2, 0.25) is 0 Å². The second-order valence-corrected chi connectivity index (χ2v) is 8.50. The first-order valence-corrected chi connectivity index (χ1v) is 11.0. The molecule has 3 heterocycles. The molecule has 6 nitrogen and oxygen atoms in total. The summed E-state index contributed by atoms with van der Waals surface area (Å²) in [5.41, 5.74) is 9.69. The monoisotopic (exact) mass is 399 g/mol. The number of rotatable bonds is 7. The van der Waals surface area contributed by atoms with Crippen molar-refractivity contribution in [2.45, 2.75) is 44.4 Å². The van der Waals surface area contributed by atoms with E-state index in [2.05, 4.69) is 38.6 Å². The summed E-state index contributed by atoms with van der Waals surface area (Å²) in [6.45, 7) is 4.48. The molecule has 7 heteroatoms. The lowest BCUT2D eigenvalue weighted by atomic mass is 10.00. The van der Waals surface area contributed by atoms with Crippen LogP contribution in [0.4, 0.5) is 5.00 Å². The molecule has 0 spiro atoms. The van der Waals surface area contributed by atoms with E-state index < -0.39 is 6.10 Å². The molecule has 1 aliphatic heterocycles. The first-order valence-electron chi connectivity index (χ1n) is 10.1. The van der Waals surface area contributed by atoms with Gasteiger partial charge in [0, 0.05) is 31.7 Å². The van der Waals surface area contributed by atoms with Gasteiger partial charge in [0.05, 0.1) is 16.0 Å². The van der Waals surface area contributed by atoms with Crippen molar-refractivity contribution in [3.8, 4) is 0 Å². The SMILES string of the molecule is CCCc1csc(N2CCC(NCC(O)c3nc4ccccc4[nH]3)C(N)C2)c1. The minimum atomic E-state index is -0.675. The van der Waals surface area contributed by atoms with E-state index in [0.29, 0.717) is 12.4 Å². The summed E-state index contributed by atoms with van der Waals surface area (Å²) in [7, 11) is 0. The number of aromatic nitrogens is 2. The molecule has 0 amide bonds. The molecule has 28 heavy (non-hydrogen) atoms. The number of imidazole rings is 1. The number of fused-ring (bicyclic) bond motifs is 1. The van der Waals surface area contributed by atoms with E-state index in [1.165, 1.54) is 17.0 Å². The van der Waals surface area contributed by atoms with Crippen molar-refractivity contribution in [1.82, 2.24) is 15.3 Å². The summed E-state index contributed by atoms with van der Waals surface area (Å²) < 4.78 is 0. The van der Waals surface area contributed by atoms with Crippen LogP contribution in [-0.4, -0.2) is 46.8 Å². The maximum absolute atomic E-state index is 10.5. The van der Waals surface area contributed by atoms with Crippen LogP contribution in [0.1, 0.15) is 37.3 Å². The Labute approximate surface area is 169 Å². The molecule has 2 aromatic heterocycles. The summed E-state index contributed by atoms with van der Waals surface area (Å²) >= 11 is 1.81. The predicted octanol–water partition coefficient (Wildman–Crippen LogP) is 2.81. The Bertz CT molecular complexity index is 874. The van der Waals surface area contributed by atoms with Crippen molar-refractivity contribution in [3.05, 3.63) is 47.1 Å². The van der Waals surface area contributed by atoms with Crippen molar-refractivity contribution < 1.29 is 5.11 Å². The Balaban J connectivity index is 1.31. The van der Waals surface area contributed by atoms with Crippen LogP contribution in [0.15, 0.2) is 35.7 Å². The minimum absolute atomic E-state index is 0.0355. The fraction of sp³-hybridized carbons (Fsp3) is 0.476. The van der Waals surface area contributed by atoms with E-state index in [4.69, 9.17) is 5.73 Å². The number of aryl methyl sites for hydroxylation is 1. The second kappa shape index (κ2) is 8.61. The molecule has 0 aliphatic carbocycles. The average Bonchev–Trinajstić information content (AvgIpc) is 3.34. The summed E-state index contributed by atoms with van der Waals surface area (Å²) in [5, 5.41) is 17.6. The van der Waals surface area contributed by atoms with Crippen LogP contribution in [0.25, 0.3) is 11.0 Å². The number of aromatic amines is 1. The zero-order chi connectivity index (χ0) is 19.5. The Morgan fingerprint density at radius 1 is 1.43 bits per heavy atom. The minimum Gasteiger partial charge on any atom is -0.384 e. The molecule has 3 unspecified atom stereocenters. The molecule has 0 saturated carbocycles. The number of anilines is 1. The summed E-state index contributed by atoms with van der Waals surface area (Å²) in [4.78, 5) is 10.1. The molecule has 0 bridgehead atoms. The van der Waals surface area contributed by atoms with Gasteiger partial charge in [0.25, 0.3) is 0 Å². The van der Waals surface area contributed by atoms with Gasteiger partial charge in [-0.3, -0.25) is 0 Å². The molecule has 3 aromatic rings. The van der Waals surface area contributed by atoms with Crippen LogP contribution in [0.3, 0.4) is 0 Å². The van der Waals surface area contributed by atoms with Crippen LogP contribution in [-0.2, 0) is 6.42 Å². The van der Waals surface area contributed by atoms with Gasteiger partial charge in [-0.15, -0.1) is 11.3 Å². The largest absolute Gasteiger partial charge is 0.384 e. The fourth-order valence-electron chi connectivity index (χ4n) is 3.87. The number of benzene rings is 1. The van der Waals surface area contributed by atoms with Crippen molar-refractivity contribution in [3.63, 3.8) is 0 Å². The number of H-pyrrole nitrogens is 1. The number of aliphatic hydroxyl groups is 1. The average molecular weight is 400 g/mol. The Hall–Kier alpha value is -1.93. The number of hydrogen-bond acceptors (Lipinski definition) is 6. The van der Waals surface area contributed by atoms with Crippen molar-refractivity contribution >= 4 is 27.4 Å². The highest BCUT2D eigenvalue weighted by Gasteiger charge is 2.28. The van der Waals surface area contributed by atoms with Gasteiger partial charge < -0.3 is 26.0 Å². The molecule has 4 rings (SSSR count). The number of para-hydroxylation sites is 2. The molecular weight excluding hydrogens is 370 g/mol. The van der Waals surface area contributed by atoms with Gasteiger partial charge in [-0.05, 0) is 42.0 Å². The lowest BCUT2D eigenvalue weighted by Crippen LogP contribution is -2.57. The normalized spacial score (nSPS) is 21.3. The summed E-state index contributed by atoms with van der Waals surface area (Å²) in [5.74, 6) is 0.599. The Morgan fingerprint density at radius 2 is 2.29 bits per heavy atom. The van der Waals surface area contributed by atoms with E-state index in [1.54, 1.807) is 0 Å². The van der Waals surface area contributed by atoms with E-state index in [-0.39, 0.29) is 12.1 Å². The van der Waals surface area contributed by atoms with Crippen LogP contribution in [0, 0.1) is 0 Å². The van der Waals surface area contributed by atoms with Crippen molar-refractivity contribution in [1.29, 1.82) is 0 Å². The van der Waals surface area contributed by atoms with Crippen molar-refractivity contribution in [2.75, 3.05) is 24.5 Å². The van der Waals surface area contributed by atoms with Gasteiger partial charge >= 0.3 is 0 Å². The standard InChI is InChI=1S/C21H29N5OS/c1-2-5-14-10-20(28-13-14)26-9-8-16(15(22)12-26)23-11-19(27)21-24-17-6-3-4-7-18(17)25-21/h3-4,6-7,10,13,15-16,19,23,27H,2,5,8-9,11-12,22H2,1H3,(H,24,25). The van der Waals surface area contributed by atoms with E-state index in [1.807, 2.05) is 35.6 Å². The number of hydrogen-bond donors (Lipinski definition) is 4. The summed E-state index contributed by atoms with van der Waals surface area (Å²) in [6.07, 6.45) is 2.61. The molecule has 1 aliphatic rings.